The molecule has 7 nitrogen and oxygen atoms in total. The van der Waals surface area contributed by atoms with Gasteiger partial charge in [-0.25, -0.2) is 19.9 Å². The summed E-state index contributed by atoms with van der Waals surface area (Å²) in [6.07, 6.45) is 6.01. The summed E-state index contributed by atoms with van der Waals surface area (Å²) in [5.41, 5.74) is 1.01. The van der Waals surface area contributed by atoms with Crippen molar-refractivity contribution in [3.8, 4) is 10.8 Å². The van der Waals surface area contributed by atoms with Crippen LogP contribution in [0.4, 0.5) is 11.8 Å². The molecule has 0 aliphatic heterocycles. The van der Waals surface area contributed by atoms with Crippen LogP contribution in [0.2, 0.25) is 0 Å². The van der Waals surface area contributed by atoms with Gasteiger partial charge in [0.25, 0.3) is 0 Å². The standard InChI is InChI=1S/C16H19N7S/c1-3-23(2)13-6-10-20-16(22-13)19-9-5-12-11-24-15(21-12)14-17-7-4-8-18-14/h4,6-8,10-11H,3,5,9H2,1-2H3,(H,19,20,22). The van der Waals surface area contributed by atoms with E-state index in [1.165, 1.54) is 0 Å². The first-order valence-corrected chi connectivity index (χ1v) is 8.64. The minimum Gasteiger partial charge on any atom is -0.360 e. The van der Waals surface area contributed by atoms with Gasteiger partial charge in [-0.05, 0) is 19.1 Å². The van der Waals surface area contributed by atoms with E-state index in [1.54, 1.807) is 36.0 Å². The molecule has 24 heavy (non-hydrogen) atoms. The Labute approximate surface area is 144 Å². The van der Waals surface area contributed by atoms with Gasteiger partial charge in [-0.15, -0.1) is 11.3 Å². The second kappa shape index (κ2) is 7.78. The molecule has 0 fully saturated rings. The molecule has 0 atom stereocenters. The van der Waals surface area contributed by atoms with Crippen LogP contribution < -0.4 is 10.2 Å². The average molecular weight is 341 g/mol. The van der Waals surface area contributed by atoms with Gasteiger partial charge in [0.05, 0.1) is 5.69 Å². The molecule has 0 amide bonds. The van der Waals surface area contributed by atoms with Gasteiger partial charge in [-0.2, -0.15) is 4.98 Å². The summed E-state index contributed by atoms with van der Waals surface area (Å²) in [6.45, 7) is 3.71. The van der Waals surface area contributed by atoms with E-state index in [2.05, 4.69) is 42.1 Å². The number of nitrogens with zero attached hydrogens (tertiary/aromatic N) is 6. The highest BCUT2D eigenvalue weighted by atomic mass is 32.1. The van der Waals surface area contributed by atoms with Crippen LogP contribution in [0.3, 0.4) is 0 Å². The van der Waals surface area contributed by atoms with E-state index < -0.39 is 0 Å². The molecule has 0 unspecified atom stereocenters. The van der Waals surface area contributed by atoms with Crippen molar-refractivity contribution in [1.29, 1.82) is 0 Å². The lowest BCUT2D eigenvalue weighted by atomic mass is 10.3. The lowest BCUT2D eigenvalue weighted by molar-refractivity contribution is 0.914. The second-order valence-electron chi connectivity index (χ2n) is 5.15. The fourth-order valence-corrected chi connectivity index (χ4v) is 2.84. The quantitative estimate of drug-likeness (QED) is 0.707. The van der Waals surface area contributed by atoms with Gasteiger partial charge in [0, 0.05) is 50.5 Å². The van der Waals surface area contributed by atoms with Crippen LogP contribution in [0, 0.1) is 0 Å². The van der Waals surface area contributed by atoms with E-state index in [0.717, 1.165) is 36.0 Å². The number of nitrogens with one attached hydrogen (secondary N) is 1. The van der Waals surface area contributed by atoms with Crippen LogP contribution in [0.5, 0.6) is 0 Å². The largest absolute Gasteiger partial charge is 0.360 e. The molecule has 124 valence electrons. The fraction of sp³-hybridized carbons (Fsp3) is 0.312. The van der Waals surface area contributed by atoms with Gasteiger partial charge < -0.3 is 10.2 Å². The SMILES string of the molecule is CCN(C)c1ccnc(NCCc2csc(-c3ncccn3)n2)n1. The molecule has 0 aliphatic rings. The van der Waals surface area contributed by atoms with E-state index in [1.807, 2.05) is 18.5 Å². The Balaban J connectivity index is 1.56. The maximum atomic E-state index is 4.58. The highest BCUT2D eigenvalue weighted by Gasteiger charge is 2.07. The molecule has 0 saturated heterocycles. The number of thiazole rings is 1. The van der Waals surface area contributed by atoms with E-state index in [4.69, 9.17) is 0 Å². The smallest absolute Gasteiger partial charge is 0.224 e. The molecule has 3 aromatic heterocycles. The number of aromatic nitrogens is 5. The Bertz CT molecular complexity index is 775. The summed E-state index contributed by atoms with van der Waals surface area (Å²) in [6, 6.07) is 3.70. The third kappa shape index (κ3) is 4.02. The first-order valence-electron chi connectivity index (χ1n) is 7.76. The summed E-state index contributed by atoms with van der Waals surface area (Å²) in [5, 5.41) is 6.12. The number of hydrogen-bond acceptors (Lipinski definition) is 8. The van der Waals surface area contributed by atoms with Crippen LogP contribution in [-0.4, -0.2) is 45.1 Å². The predicted molar refractivity (Wildman–Crippen MR) is 96.3 cm³/mol. The van der Waals surface area contributed by atoms with Crippen molar-refractivity contribution >= 4 is 23.1 Å². The predicted octanol–water partition coefficient (Wildman–Crippen LogP) is 2.50. The summed E-state index contributed by atoms with van der Waals surface area (Å²) in [4.78, 5) is 23.8. The Morgan fingerprint density at radius 3 is 2.75 bits per heavy atom. The molecule has 0 spiro atoms. The molecule has 0 bridgehead atoms. The van der Waals surface area contributed by atoms with Gasteiger partial charge in [0.15, 0.2) is 10.8 Å². The van der Waals surface area contributed by atoms with Gasteiger partial charge in [-0.1, -0.05) is 0 Å². The number of rotatable bonds is 7. The van der Waals surface area contributed by atoms with Gasteiger partial charge >= 0.3 is 0 Å². The lowest BCUT2D eigenvalue weighted by Gasteiger charge is -2.15. The molecular formula is C16H19N7S. The van der Waals surface area contributed by atoms with Crippen molar-refractivity contribution in [3.63, 3.8) is 0 Å². The number of anilines is 2. The summed E-state index contributed by atoms with van der Waals surface area (Å²) in [5.74, 6) is 2.21. The van der Waals surface area contributed by atoms with E-state index in [9.17, 15) is 0 Å². The van der Waals surface area contributed by atoms with Crippen molar-refractivity contribution < 1.29 is 0 Å². The van der Waals surface area contributed by atoms with Gasteiger partial charge in [-0.3, -0.25) is 0 Å². The Morgan fingerprint density at radius 1 is 1.12 bits per heavy atom. The van der Waals surface area contributed by atoms with Gasteiger partial charge in [0.1, 0.15) is 5.82 Å². The minimum absolute atomic E-state index is 0.634. The highest BCUT2D eigenvalue weighted by Crippen LogP contribution is 2.19. The van der Waals surface area contributed by atoms with Crippen LogP contribution in [0.25, 0.3) is 10.8 Å². The Morgan fingerprint density at radius 2 is 1.96 bits per heavy atom. The van der Waals surface area contributed by atoms with Gasteiger partial charge in [0.2, 0.25) is 5.95 Å². The van der Waals surface area contributed by atoms with Crippen LogP contribution in [-0.2, 0) is 6.42 Å². The molecule has 1 N–H and O–H groups in total. The van der Waals surface area contributed by atoms with Crippen LogP contribution in [0.15, 0.2) is 36.1 Å². The number of hydrogen-bond donors (Lipinski definition) is 1. The highest BCUT2D eigenvalue weighted by molar-refractivity contribution is 7.13. The summed E-state index contributed by atoms with van der Waals surface area (Å²) in [7, 11) is 2.01. The lowest BCUT2D eigenvalue weighted by Crippen LogP contribution is -2.18. The molecule has 0 aliphatic carbocycles. The second-order valence-corrected chi connectivity index (χ2v) is 6.00. The first kappa shape index (κ1) is 16.3. The van der Waals surface area contributed by atoms with E-state index >= 15 is 0 Å². The molecule has 3 aromatic rings. The fourth-order valence-electron chi connectivity index (χ4n) is 2.05. The molecule has 3 rings (SSSR count). The summed E-state index contributed by atoms with van der Waals surface area (Å²) >= 11 is 1.56. The normalized spacial score (nSPS) is 10.6. The maximum absolute atomic E-state index is 4.58. The van der Waals surface area contributed by atoms with E-state index in [-0.39, 0.29) is 0 Å². The maximum Gasteiger partial charge on any atom is 0.224 e. The molecular weight excluding hydrogens is 322 g/mol. The van der Waals surface area contributed by atoms with Crippen molar-refractivity contribution in [2.45, 2.75) is 13.3 Å². The zero-order valence-electron chi connectivity index (χ0n) is 13.7. The Hall–Kier alpha value is -2.61. The third-order valence-corrected chi connectivity index (χ3v) is 4.37. The molecule has 8 heteroatoms. The first-order chi connectivity index (χ1) is 11.8. The zero-order chi connectivity index (χ0) is 16.8. The van der Waals surface area contributed by atoms with Crippen molar-refractivity contribution in [2.24, 2.45) is 0 Å². The topological polar surface area (TPSA) is 79.7 Å². The molecule has 0 saturated carbocycles. The monoisotopic (exact) mass is 341 g/mol. The zero-order valence-corrected chi connectivity index (χ0v) is 14.5. The minimum atomic E-state index is 0.634. The molecule has 0 radical (unpaired) electrons. The van der Waals surface area contributed by atoms with Crippen molar-refractivity contribution in [3.05, 3.63) is 41.8 Å². The molecule has 0 aromatic carbocycles. The third-order valence-electron chi connectivity index (χ3n) is 3.48. The van der Waals surface area contributed by atoms with E-state index in [0.29, 0.717) is 11.8 Å². The molecule has 3 heterocycles. The van der Waals surface area contributed by atoms with Crippen LogP contribution in [0.1, 0.15) is 12.6 Å². The summed E-state index contributed by atoms with van der Waals surface area (Å²) < 4.78 is 0. The van der Waals surface area contributed by atoms with Crippen LogP contribution >= 0.6 is 11.3 Å². The Kier molecular flexibility index (Phi) is 5.27. The average Bonchev–Trinajstić information content (AvgIpc) is 3.11. The van der Waals surface area contributed by atoms with Crippen molar-refractivity contribution in [2.75, 3.05) is 30.4 Å². The van der Waals surface area contributed by atoms with Crippen molar-refractivity contribution in [1.82, 2.24) is 24.9 Å².